The van der Waals surface area contributed by atoms with E-state index in [0.29, 0.717) is 16.6 Å². The number of carbonyl (C=O) groups excluding carboxylic acids is 1. The minimum absolute atomic E-state index is 0.333. The maximum Gasteiger partial charge on any atom is 0.278 e. The van der Waals surface area contributed by atoms with Crippen LogP contribution in [0.2, 0.25) is 0 Å². The molecule has 2 heterocycles. The molecule has 0 aliphatic rings. The maximum atomic E-state index is 13.0. The van der Waals surface area contributed by atoms with E-state index in [2.05, 4.69) is 32.3 Å². The molecule has 0 aliphatic carbocycles. The monoisotopic (exact) mass is 423 g/mol. The van der Waals surface area contributed by atoms with Crippen LogP contribution in [0.25, 0.3) is 21.8 Å². The van der Waals surface area contributed by atoms with Crippen LogP contribution in [0.5, 0.6) is 0 Å². The first-order valence-corrected chi connectivity index (χ1v) is 10.4. The number of benzene rings is 3. The predicted molar refractivity (Wildman–Crippen MR) is 125 cm³/mol. The highest BCUT2D eigenvalue weighted by Gasteiger charge is 2.20. The lowest BCUT2D eigenvalue weighted by Gasteiger charge is -2.14. The number of hydrogen-bond acceptors (Lipinski definition) is 4. The number of amides is 1. The van der Waals surface area contributed by atoms with Crippen molar-refractivity contribution < 1.29 is 4.79 Å². The summed E-state index contributed by atoms with van der Waals surface area (Å²) in [5.74, 6) is -0.333. The minimum atomic E-state index is -0.818. The Bertz CT molecular complexity index is 1490. The predicted octanol–water partition coefficient (Wildman–Crippen LogP) is 3.99. The first-order valence-electron chi connectivity index (χ1n) is 10.4. The zero-order chi connectivity index (χ0) is 22.1. The number of nitrogens with zero attached hydrogens (tertiary/aromatic N) is 4. The molecule has 0 saturated carbocycles. The molecule has 2 aromatic heterocycles. The van der Waals surface area contributed by atoms with Gasteiger partial charge in [0.2, 0.25) is 5.91 Å². The molecule has 7 heteroatoms. The van der Waals surface area contributed by atoms with Crippen LogP contribution in [-0.4, -0.2) is 25.5 Å². The van der Waals surface area contributed by atoms with Crippen LogP contribution >= 0.6 is 0 Å². The van der Waals surface area contributed by atoms with E-state index in [0.717, 1.165) is 22.1 Å². The number of aromatic nitrogens is 4. The van der Waals surface area contributed by atoms with Crippen molar-refractivity contribution in [3.05, 3.63) is 101 Å². The Morgan fingerprint density at radius 2 is 1.72 bits per heavy atom. The molecule has 0 bridgehead atoms. The second-order valence-electron chi connectivity index (χ2n) is 7.69. The number of carbonyl (C=O) groups is 1. The van der Waals surface area contributed by atoms with Gasteiger partial charge in [-0.15, -0.1) is 5.10 Å². The fourth-order valence-corrected chi connectivity index (χ4v) is 3.85. The van der Waals surface area contributed by atoms with Crippen molar-refractivity contribution in [1.82, 2.24) is 19.6 Å². The highest BCUT2D eigenvalue weighted by atomic mass is 16.2. The van der Waals surface area contributed by atoms with Gasteiger partial charge in [0, 0.05) is 18.1 Å². The Labute approximate surface area is 183 Å². The normalized spacial score (nSPS) is 12.2. The van der Waals surface area contributed by atoms with E-state index in [1.807, 2.05) is 48.7 Å². The molecule has 3 aromatic carbocycles. The molecule has 0 saturated heterocycles. The van der Waals surface area contributed by atoms with E-state index in [9.17, 15) is 9.59 Å². The van der Waals surface area contributed by atoms with Gasteiger partial charge in [0.05, 0.1) is 16.6 Å². The lowest BCUT2D eigenvalue weighted by Crippen LogP contribution is -2.34. The maximum absolute atomic E-state index is 13.0. The molecule has 1 N–H and O–H groups in total. The first-order chi connectivity index (χ1) is 15.6. The Morgan fingerprint density at radius 1 is 0.938 bits per heavy atom. The third-order valence-corrected chi connectivity index (χ3v) is 5.60. The van der Waals surface area contributed by atoms with E-state index in [1.165, 1.54) is 5.56 Å². The van der Waals surface area contributed by atoms with Crippen LogP contribution in [-0.2, 0) is 11.3 Å². The van der Waals surface area contributed by atoms with Gasteiger partial charge in [-0.2, -0.15) is 4.68 Å². The van der Waals surface area contributed by atoms with Crippen LogP contribution in [0.1, 0.15) is 18.5 Å². The van der Waals surface area contributed by atoms with Gasteiger partial charge >= 0.3 is 0 Å². The second kappa shape index (κ2) is 8.11. The molecule has 0 unspecified atom stereocenters. The fourth-order valence-electron chi connectivity index (χ4n) is 3.85. The standard InChI is InChI=1S/C25H21N5O2/c1-17(30-25(32)20-10-5-6-11-22(20)27-28-30)24(31)26-21-12-7-13-23-19(21)14-15-29(23)16-18-8-3-2-4-9-18/h2-15,17H,16H2,1H3,(H,26,31)/t17-/m1/s1. The highest BCUT2D eigenvalue weighted by molar-refractivity contribution is 6.02. The van der Waals surface area contributed by atoms with Crippen molar-refractivity contribution >= 4 is 33.4 Å². The van der Waals surface area contributed by atoms with Crippen LogP contribution in [0.15, 0.2) is 89.9 Å². The smallest absolute Gasteiger partial charge is 0.278 e. The molecular weight excluding hydrogens is 402 g/mol. The Kier molecular flexibility index (Phi) is 4.99. The van der Waals surface area contributed by atoms with Gasteiger partial charge < -0.3 is 9.88 Å². The highest BCUT2D eigenvalue weighted by Crippen LogP contribution is 2.26. The summed E-state index contributed by atoms with van der Waals surface area (Å²) in [4.78, 5) is 25.8. The molecule has 1 atom stereocenters. The largest absolute Gasteiger partial charge is 0.343 e. The molecule has 0 fully saturated rings. The SMILES string of the molecule is C[C@H](C(=O)Nc1cccc2c1ccn2Cc1ccccc1)n1nnc2ccccc2c1=O. The molecular formula is C25H21N5O2. The van der Waals surface area contributed by atoms with Crippen LogP contribution in [0.3, 0.4) is 0 Å². The van der Waals surface area contributed by atoms with E-state index >= 15 is 0 Å². The van der Waals surface area contributed by atoms with Crippen molar-refractivity contribution in [3.63, 3.8) is 0 Å². The Hall–Kier alpha value is -4.26. The summed E-state index contributed by atoms with van der Waals surface area (Å²) in [5, 5.41) is 12.4. The fraction of sp³-hybridized carbons (Fsp3) is 0.120. The molecule has 158 valence electrons. The molecule has 0 spiro atoms. The molecule has 0 radical (unpaired) electrons. The molecule has 1 amide bonds. The number of fused-ring (bicyclic) bond motifs is 2. The van der Waals surface area contributed by atoms with Crippen molar-refractivity contribution in [3.8, 4) is 0 Å². The molecule has 5 aromatic rings. The molecule has 5 rings (SSSR count). The summed E-state index contributed by atoms with van der Waals surface area (Å²) in [6.45, 7) is 2.38. The van der Waals surface area contributed by atoms with Gasteiger partial charge in [-0.1, -0.05) is 53.7 Å². The summed E-state index contributed by atoms with van der Waals surface area (Å²) < 4.78 is 3.27. The van der Waals surface area contributed by atoms with Crippen molar-refractivity contribution in [2.24, 2.45) is 0 Å². The molecule has 32 heavy (non-hydrogen) atoms. The molecule has 7 nitrogen and oxygen atoms in total. The van der Waals surface area contributed by atoms with E-state index in [-0.39, 0.29) is 11.5 Å². The van der Waals surface area contributed by atoms with E-state index < -0.39 is 6.04 Å². The zero-order valence-electron chi connectivity index (χ0n) is 17.5. The molecule has 0 aliphatic heterocycles. The van der Waals surface area contributed by atoms with E-state index in [1.54, 1.807) is 31.2 Å². The first kappa shape index (κ1) is 19.7. The number of nitrogens with one attached hydrogen (secondary N) is 1. The number of hydrogen-bond donors (Lipinski definition) is 1. The average molecular weight is 423 g/mol. The van der Waals surface area contributed by atoms with Crippen molar-refractivity contribution in [2.45, 2.75) is 19.5 Å². The summed E-state index contributed by atoms with van der Waals surface area (Å²) in [7, 11) is 0. The quantitative estimate of drug-likeness (QED) is 0.463. The Morgan fingerprint density at radius 3 is 2.56 bits per heavy atom. The summed E-state index contributed by atoms with van der Waals surface area (Å²) in [6.07, 6.45) is 2.01. The summed E-state index contributed by atoms with van der Waals surface area (Å²) in [6, 6.07) is 24.1. The number of rotatable bonds is 5. The lowest BCUT2D eigenvalue weighted by molar-refractivity contribution is -0.119. The van der Waals surface area contributed by atoms with Crippen LogP contribution in [0, 0.1) is 0 Å². The van der Waals surface area contributed by atoms with Gasteiger partial charge in [-0.3, -0.25) is 9.59 Å². The summed E-state index contributed by atoms with van der Waals surface area (Å²) in [5.41, 5.74) is 3.06. The topological polar surface area (TPSA) is 81.8 Å². The third-order valence-electron chi connectivity index (χ3n) is 5.60. The van der Waals surface area contributed by atoms with Gasteiger partial charge in [0.15, 0.2) is 0 Å². The van der Waals surface area contributed by atoms with Gasteiger partial charge in [-0.05, 0) is 42.8 Å². The van der Waals surface area contributed by atoms with E-state index in [4.69, 9.17) is 0 Å². The van der Waals surface area contributed by atoms with Crippen molar-refractivity contribution in [1.29, 1.82) is 0 Å². The average Bonchev–Trinajstić information content (AvgIpc) is 3.23. The lowest BCUT2D eigenvalue weighted by atomic mass is 10.2. The second-order valence-corrected chi connectivity index (χ2v) is 7.69. The zero-order valence-corrected chi connectivity index (χ0v) is 17.5. The minimum Gasteiger partial charge on any atom is -0.343 e. The van der Waals surface area contributed by atoms with Crippen LogP contribution in [0.4, 0.5) is 5.69 Å². The van der Waals surface area contributed by atoms with Gasteiger partial charge in [-0.25, -0.2) is 0 Å². The number of anilines is 1. The summed E-state index contributed by atoms with van der Waals surface area (Å²) >= 11 is 0. The van der Waals surface area contributed by atoms with Gasteiger partial charge in [0.25, 0.3) is 5.56 Å². The Balaban J connectivity index is 1.42. The third kappa shape index (κ3) is 3.54. The van der Waals surface area contributed by atoms with Crippen LogP contribution < -0.4 is 10.9 Å². The van der Waals surface area contributed by atoms with Crippen molar-refractivity contribution in [2.75, 3.05) is 5.32 Å². The van der Waals surface area contributed by atoms with Gasteiger partial charge in [0.1, 0.15) is 11.6 Å².